The van der Waals surface area contributed by atoms with Crippen molar-refractivity contribution in [2.75, 3.05) is 32.9 Å². The summed E-state index contributed by atoms with van der Waals surface area (Å²) >= 11 is 1.52. The molecular weight excluding hydrogens is 370 g/mol. The first-order valence-electron chi connectivity index (χ1n) is 7.79. The highest BCUT2D eigenvalue weighted by molar-refractivity contribution is 7.98. The molecule has 1 amide bonds. The number of anilines is 1. The van der Waals surface area contributed by atoms with Crippen LogP contribution in [0.2, 0.25) is 0 Å². The zero-order valence-electron chi connectivity index (χ0n) is 15.3. The molecule has 0 radical (unpaired) electrons. The van der Waals surface area contributed by atoms with E-state index in [1.54, 1.807) is 18.2 Å². The van der Waals surface area contributed by atoms with E-state index in [9.17, 15) is 14.4 Å². The first-order valence-corrected chi connectivity index (χ1v) is 9.01. The first-order chi connectivity index (χ1) is 12.9. The van der Waals surface area contributed by atoms with Crippen LogP contribution in [0.1, 0.15) is 31.1 Å². The number of ether oxygens (including phenoxy) is 3. The van der Waals surface area contributed by atoms with Crippen molar-refractivity contribution < 1.29 is 28.6 Å². The number of amides is 1. The number of rotatable bonds is 6. The molecule has 2 rings (SSSR count). The van der Waals surface area contributed by atoms with Crippen molar-refractivity contribution in [2.45, 2.75) is 4.90 Å². The van der Waals surface area contributed by atoms with Gasteiger partial charge in [-0.1, -0.05) is 0 Å². The van der Waals surface area contributed by atoms with Crippen LogP contribution in [-0.4, -0.2) is 45.4 Å². The predicted molar refractivity (Wildman–Crippen MR) is 102 cm³/mol. The van der Waals surface area contributed by atoms with Gasteiger partial charge in [-0.05, 0) is 42.7 Å². The molecule has 0 atom stereocenters. The fourth-order valence-electron chi connectivity index (χ4n) is 2.36. The van der Waals surface area contributed by atoms with Gasteiger partial charge in [-0.25, -0.2) is 9.59 Å². The van der Waals surface area contributed by atoms with Crippen LogP contribution in [0.5, 0.6) is 5.75 Å². The van der Waals surface area contributed by atoms with Crippen LogP contribution in [0.15, 0.2) is 41.3 Å². The van der Waals surface area contributed by atoms with Gasteiger partial charge in [0.2, 0.25) is 0 Å². The van der Waals surface area contributed by atoms with E-state index in [0.29, 0.717) is 5.75 Å². The number of nitrogens with one attached hydrogen (secondary N) is 1. The van der Waals surface area contributed by atoms with Crippen molar-refractivity contribution >= 4 is 35.3 Å². The molecule has 0 aliphatic carbocycles. The number of carbonyl (C=O) groups excluding carboxylic acids is 3. The normalized spacial score (nSPS) is 10.1. The molecule has 8 heteroatoms. The minimum atomic E-state index is -0.647. The average Bonchev–Trinajstić information content (AvgIpc) is 2.71. The summed E-state index contributed by atoms with van der Waals surface area (Å²) < 4.78 is 14.7. The Kier molecular flexibility index (Phi) is 6.84. The van der Waals surface area contributed by atoms with E-state index in [0.717, 1.165) is 4.90 Å². The van der Waals surface area contributed by atoms with Gasteiger partial charge in [-0.3, -0.25) is 4.79 Å². The topological polar surface area (TPSA) is 90.9 Å². The number of hydrogen-bond acceptors (Lipinski definition) is 7. The molecule has 27 heavy (non-hydrogen) atoms. The van der Waals surface area contributed by atoms with Crippen LogP contribution in [0.25, 0.3) is 0 Å². The average molecular weight is 389 g/mol. The number of thioether (sulfide) groups is 1. The number of methoxy groups -OCH3 is 3. The summed E-state index contributed by atoms with van der Waals surface area (Å²) in [5, 5.41) is 2.64. The Hall–Kier alpha value is -3.00. The van der Waals surface area contributed by atoms with E-state index in [1.165, 1.54) is 51.3 Å². The molecule has 0 bridgehead atoms. The SMILES string of the molecule is COC(=O)c1ccc(C(=O)OC)c(NC(=O)c2ccc(SC)cc2OC)c1. The number of hydrogen-bond donors (Lipinski definition) is 1. The van der Waals surface area contributed by atoms with E-state index < -0.39 is 17.8 Å². The molecule has 0 fully saturated rings. The lowest BCUT2D eigenvalue weighted by Crippen LogP contribution is -2.17. The maximum absolute atomic E-state index is 12.7. The lowest BCUT2D eigenvalue weighted by Gasteiger charge is -2.13. The molecule has 0 aliphatic rings. The third kappa shape index (κ3) is 4.59. The summed E-state index contributed by atoms with van der Waals surface area (Å²) in [4.78, 5) is 37.4. The lowest BCUT2D eigenvalue weighted by atomic mass is 10.1. The van der Waals surface area contributed by atoms with Gasteiger partial charge in [0.15, 0.2) is 0 Å². The third-order valence-corrected chi connectivity index (χ3v) is 4.47. The van der Waals surface area contributed by atoms with Crippen LogP contribution in [0.4, 0.5) is 5.69 Å². The molecule has 1 N–H and O–H groups in total. The summed E-state index contributed by atoms with van der Waals surface area (Å²) in [5.41, 5.74) is 0.712. The second-order valence-electron chi connectivity index (χ2n) is 5.26. The molecule has 0 saturated heterocycles. The molecule has 0 aliphatic heterocycles. The van der Waals surface area contributed by atoms with Gasteiger partial charge in [0, 0.05) is 4.90 Å². The molecule has 0 saturated carbocycles. The molecule has 0 aromatic heterocycles. The highest BCUT2D eigenvalue weighted by Crippen LogP contribution is 2.27. The Morgan fingerprint density at radius 2 is 1.56 bits per heavy atom. The molecule has 0 heterocycles. The summed E-state index contributed by atoms with van der Waals surface area (Å²) in [6.07, 6.45) is 1.91. The van der Waals surface area contributed by atoms with E-state index in [4.69, 9.17) is 9.47 Å². The fourth-order valence-corrected chi connectivity index (χ4v) is 2.79. The van der Waals surface area contributed by atoms with Crippen molar-refractivity contribution in [3.63, 3.8) is 0 Å². The van der Waals surface area contributed by atoms with Gasteiger partial charge in [0.1, 0.15) is 5.75 Å². The number of esters is 2. The minimum absolute atomic E-state index is 0.109. The smallest absolute Gasteiger partial charge is 0.339 e. The number of benzene rings is 2. The standard InChI is InChI=1S/C19H19NO6S/c1-24-16-10-12(27-4)6-8-14(16)17(21)20-15-9-11(18(22)25-2)5-7-13(15)19(23)26-3/h5-10H,1-4H3,(H,20,21). The molecule has 2 aromatic rings. The van der Waals surface area contributed by atoms with Crippen molar-refractivity contribution in [1.29, 1.82) is 0 Å². The van der Waals surface area contributed by atoms with E-state index >= 15 is 0 Å². The molecular formula is C19H19NO6S. The van der Waals surface area contributed by atoms with Gasteiger partial charge in [0.05, 0.1) is 43.7 Å². The summed E-state index contributed by atoms with van der Waals surface area (Å²) in [7, 11) is 3.94. The fraction of sp³-hybridized carbons (Fsp3) is 0.211. The summed E-state index contributed by atoms with van der Waals surface area (Å²) in [5.74, 6) is -1.34. The zero-order valence-corrected chi connectivity index (χ0v) is 16.1. The van der Waals surface area contributed by atoms with Crippen LogP contribution in [0.3, 0.4) is 0 Å². The van der Waals surface area contributed by atoms with Crippen LogP contribution < -0.4 is 10.1 Å². The van der Waals surface area contributed by atoms with Crippen molar-refractivity contribution in [3.8, 4) is 5.75 Å². The quantitative estimate of drug-likeness (QED) is 0.599. The van der Waals surface area contributed by atoms with Crippen LogP contribution >= 0.6 is 11.8 Å². The van der Waals surface area contributed by atoms with Crippen molar-refractivity contribution in [2.24, 2.45) is 0 Å². The second-order valence-corrected chi connectivity index (χ2v) is 6.14. The van der Waals surface area contributed by atoms with Gasteiger partial charge in [0.25, 0.3) is 5.91 Å². The predicted octanol–water partition coefficient (Wildman–Crippen LogP) is 3.24. The summed E-state index contributed by atoms with van der Waals surface area (Å²) in [6.45, 7) is 0. The Labute approximate surface area is 161 Å². The van der Waals surface area contributed by atoms with E-state index in [2.05, 4.69) is 10.1 Å². The van der Waals surface area contributed by atoms with Gasteiger partial charge >= 0.3 is 11.9 Å². The highest BCUT2D eigenvalue weighted by Gasteiger charge is 2.19. The van der Waals surface area contributed by atoms with E-state index in [1.807, 2.05) is 6.26 Å². The van der Waals surface area contributed by atoms with E-state index in [-0.39, 0.29) is 22.4 Å². The zero-order chi connectivity index (χ0) is 20.0. The van der Waals surface area contributed by atoms with Gasteiger partial charge in [-0.2, -0.15) is 0 Å². The van der Waals surface area contributed by atoms with Gasteiger partial charge < -0.3 is 19.5 Å². The van der Waals surface area contributed by atoms with Gasteiger partial charge in [-0.15, -0.1) is 11.8 Å². The maximum Gasteiger partial charge on any atom is 0.339 e. The monoisotopic (exact) mass is 389 g/mol. The first kappa shape index (κ1) is 20.3. The van der Waals surface area contributed by atoms with Crippen LogP contribution in [-0.2, 0) is 9.47 Å². The Morgan fingerprint density at radius 3 is 2.15 bits per heavy atom. The minimum Gasteiger partial charge on any atom is -0.496 e. The van der Waals surface area contributed by atoms with Crippen molar-refractivity contribution in [3.05, 3.63) is 53.1 Å². The highest BCUT2D eigenvalue weighted by atomic mass is 32.2. The summed E-state index contributed by atoms with van der Waals surface area (Å²) in [6, 6.07) is 9.32. The largest absolute Gasteiger partial charge is 0.496 e. The second kappa shape index (κ2) is 9.09. The molecule has 0 spiro atoms. The Morgan fingerprint density at radius 1 is 0.889 bits per heavy atom. The maximum atomic E-state index is 12.7. The molecule has 7 nitrogen and oxygen atoms in total. The Bertz CT molecular complexity index is 880. The third-order valence-electron chi connectivity index (χ3n) is 3.75. The molecule has 142 valence electrons. The van der Waals surface area contributed by atoms with Crippen molar-refractivity contribution in [1.82, 2.24) is 0 Å². The molecule has 0 unspecified atom stereocenters. The lowest BCUT2D eigenvalue weighted by molar-refractivity contribution is 0.0587. The number of carbonyl (C=O) groups is 3. The van der Waals surface area contributed by atoms with Crippen LogP contribution in [0, 0.1) is 0 Å². The Balaban J connectivity index is 2.44. The molecule has 2 aromatic carbocycles.